The molecule has 0 aliphatic carbocycles. The lowest BCUT2D eigenvalue weighted by Gasteiger charge is -2.42. The van der Waals surface area contributed by atoms with Gasteiger partial charge in [-0.2, -0.15) is 5.26 Å². The summed E-state index contributed by atoms with van der Waals surface area (Å²) in [7, 11) is -1.50. The van der Waals surface area contributed by atoms with Crippen LogP contribution in [0.4, 0.5) is 14.5 Å². The van der Waals surface area contributed by atoms with Crippen LogP contribution >= 0.6 is 0 Å². The molecule has 3 aromatic carbocycles. The maximum Gasteiger partial charge on any atom is 0.230 e. The van der Waals surface area contributed by atoms with Crippen molar-refractivity contribution in [3.8, 4) is 6.07 Å². The fourth-order valence-corrected chi connectivity index (χ4v) is 7.48. The van der Waals surface area contributed by atoms with E-state index >= 15 is 4.39 Å². The van der Waals surface area contributed by atoms with Gasteiger partial charge < -0.3 is 13.8 Å². The summed E-state index contributed by atoms with van der Waals surface area (Å²) in [6, 6.07) is 20.5. The van der Waals surface area contributed by atoms with Gasteiger partial charge in [0.1, 0.15) is 17.9 Å². The molecule has 5 nitrogen and oxygen atoms in total. The van der Waals surface area contributed by atoms with Crippen LogP contribution in [0.2, 0.25) is 13.1 Å². The van der Waals surface area contributed by atoms with Gasteiger partial charge in [-0.05, 0) is 77.9 Å². The Morgan fingerprint density at radius 1 is 1.05 bits per heavy atom. The molecule has 0 aromatic heterocycles. The molecule has 0 spiro atoms. The highest BCUT2D eigenvalue weighted by molar-refractivity contribution is 6.26. The van der Waals surface area contributed by atoms with Crippen LogP contribution in [0.1, 0.15) is 60.9 Å². The van der Waals surface area contributed by atoms with E-state index in [1.807, 2.05) is 12.1 Å². The number of nitrogens with zero attached hydrogens (tertiary/aromatic N) is 2. The van der Waals surface area contributed by atoms with Crippen molar-refractivity contribution in [1.82, 2.24) is 0 Å². The number of carbonyl (C=O) groups is 1. The fourth-order valence-electron chi connectivity index (χ4n) is 5.63. The van der Waals surface area contributed by atoms with E-state index in [-0.39, 0.29) is 35.8 Å². The minimum atomic E-state index is -0.749. The third-order valence-corrected chi connectivity index (χ3v) is 9.04. The van der Waals surface area contributed by atoms with Crippen LogP contribution < -0.4 is 4.90 Å². The summed E-state index contributed by atoms with van der Waals surface area (Å²) in [4.78, 5) is 14.4. The minimum absolute atomic E-state index is 0.0418. The number of hydrogen-bond acceptors (Lipinski definition) is 4. The van der Waals surface area contributed by atoms with Crippen molar-refractivity contribution in [2.24, 2.45) is 5.41 Å². The van der Waals surface area contributed by atoms with Gasteiger partial charge >= 0.3 is 0 Å². The molecule has 2 atom stereocenters. The predicted molar refractivity (Wildman–Crippen MR) is 158 cm³/mol. The van der Waals surface area contributed by atoms with Gasteiger partial charge in [0.05, 0.1) is 24.1 Å². The standard InChI is InChI=1S/C31H36F2N2O3Si2/c1-31(2,30(37-39-3)38-40-4)26(21-8-11-24(32)12-9-21)14-10-22-17-25(13-15-27(22)33)35-28(18-29(35)36)23-7-5-6-20(16-23)19-34/h5-9,11-13,15-17,26,28,30H,10,14,18,39-40H2,1-4H3. The van der Waals surface area contributed by atoms with Gasteiger partial charge in [-0.3, -0.25) is 4.79 Å². The normalized spacial score (nSPS) is 17.4. The number of rotatable bonds is 12. The number of aryl methyl sites for hydroxylation is 1. The topological polar surface area (TPSA) is 62.6 Å². The first-order valence-electron chi connectivity index (χ1n) is 13.8. The van der Waals surface area contributed by atoms with Crippen LogP contribution in [0, 0.1) is 28.4 Å². The molecule has 9 heteroatoms. The van der Waals surface area contributed by atoms with Gasteiger partial charge in [0, 0.05) is 11.1 Å². The molecular formula is C31H36F2N2O3Si2. The first-order chi connectivity index (χ1) is 19.2. The number of benzene rings is 3. The Hall–Kier alpha value is -3.17. The van der Waals surface area contributed by atoms with Gasteiger partial charge in [-0.1, -0.05) is 51.2 Å². The summed E-state index contributed by atoms with van der Waals surface area (Å²) >= 11 is 0. The number of carbonyl (C=O) groups excluding carboxylic acids is 1. The van der Waals surface area contributed by atoms with Crippen LogP contribution in [0.15, 0.2) is 66.7 Å². The molecule has 40 heavy (non-hydrogen) atoms. The van der Waals surface area contributed by atoms with Crippen LogP contribution in [0.5, 0.6) is 0 Å². The third kappa shape index (κ3) is 6.42. The SMILES string of the molecule is C[SiH2]OC(O[SiH2]C)C(C)(C)C(CCc1cc(N2C(=O)CC2c2cccc(C#N)c2)ccc1F)c1ccc(F)cc1. The summed E-state index contributed by atoms with van der Waals surface area (Å²) in [5.74, 6) is -0.769. The van der Waals surface area contributed by atoms with E-state index in [1.54, 1.807) is 41.3 Å². The molecule has 1 amide bonds. The van der Waals surface area contributed by atoms with E-state index in [0.717, 1.165) is 11.1 Å². The zero-order valence-corrected chi connectivity index (χ0v) is 26.3. The summed E-state index contributed by atoms with van der Waals surface area (Å²) in [6.45, 7) is 8.34. The molecule has 1 fully saturated rings. The quantitative estimate of drug-likeness (QED) is 0.158. The summed E-state index contributed by atoms with van der Waals surface area (Å²) in [5.41, 5.74) is 3.07. The number of anilines is 1. The van der Waals surface area contributed by atoms with Crippen molar-refractivity contribution < 1.29 is 22.4 Å². The van der Waals surface area contributed by atoms with Gasteiger partial charge in [0.2, 0.25) is 5.91 Å². The Labute approximate surface area is 240 Å². The second kappa shape index (κ2) is 13.0. The molecule has 2 unspecified atom stereocenters. The molecule has 1 saturated heterocycles. The average molecular weight is 579 g/mol. The highest BCUT2D eigenvalue weighted by Crippen LogP contribution is 2.44. The number of amides is 1. The number of β-lactam (4-membered cyclic amide) rings is 1. The predicted octanol–water partition coefficient (Wildman–Crippen LogP) is 5.68. The van der Waals surface area contributed by atoms with Crippen molar-refractivity contribution in [3.63, 3.8) is 0 Å². The van der Waals surface area contributed by atoms with Crippen LogP contribution in [-0.2, 0) is 20.1 Å². The molecule has 4 rings (SSSR count). The van der Waals surface area contributed by atoms with Crippen molar-refractivity contribution >= 4 is 31.1 Å². The molecular weight excluding hydrogens is 543 g/mol. The summed E-state index contributed by atoms with van der Waals surface area (Å²) < 4.78 is 41.2. The van der Waals surface area contributed by atoms with E-state index in [2.05, 4.69) is 33.0 Å². The lowest BCUT2D eigenvalue weighted by Crippen LogP contribution is -2.46. The van der Waals surface area contributed by atoms with E-state index < -0.39 is 24.9 Å². The van der Waals surface area contributed by atoms with Gasteiger partial charge in [-0.15, -0.1) is 0 Å². The Bertz CT molecular complexity index is 1370. The fraction of sp³-hybridized carbons (Fsp3) is 0.355. The van der Waals surface area contributed by atoms with Gasteiger partial charge in [0.25, 0.3) is 0 Å². The molecule has 1 aliphatic rings. The number of halogens is 2. The maximum absolute atomic E-state index is 15.1. The zero-order chi connectivity index (χ0) is 28.9. The highest BCUT2D eigenvalue weighted by atomic mass is 28.2. The number of nitriles is 1. The molecule has 0 N–H and O–H groups in total. The minimum Gasteiger partial charge on any atom is -0.400 e. The lowest BCUT2D eigenvalue weighted by molar-refractivity contribution is -0.124. The highest BCUT2D eigenvalue weighted by Gasteiger charge is 2.40. The third-order valence-electron chi connectivity index (χ3n) is 7.77. The van der Waals surface area contributed by atoms with Gasteiger partial charge in [0.15, 0.2) is 19.5 Å². The Morgan fingerprint density at radius 2 is 1.75 bits per heavy atom. The largest absolute Gasteiger partial charge is 0.400 e. The smallest absolute Gasteiger partial charge is 0.230 e. The van der Waals surface area contributed by atoms with Crippen molar-refractivity contribution in [2.45, 2.75) is 64.5 Å². The molecule has 210 valence electrons. The summed E-state index contributed by atoms with van der Waals surface area (Å²) in [5, 5.41) is 9.28. The zero-order valence-electron chi connectivity index (χ0n) is 23.5. The Kier molecular flexibility index (Phi) is 9.69. The van der Waals surface area contributed by atoms with E-state index in [4.69, 9.17) is 8.85 Å². The second-order valence-electron chi connectivity index (χ2n) is 10.7. The first-order valence-corrected chi connectivity index (χ1v) is 17.8. The molecule has 0 radical (unpaired) electrons. The van der Waals surface area contributed by atoms with E-state index in [9.17, 15) is 14.4 Å². The van der Waals surface area contributed by atoms with Crippen LogP contribution in [0.3, 0.4) is 0 Å². The molecule has 0 bridgehead atoms. The van der Waals surface area contributed by atoms with Gasteiger partial charge in [-0.25, -0.2) is 8.78 Å². The average Bonchev–Trinajstić information content (AvgIpc) is 2.94. The van der Waals surface area contributed by atoms with Crippen LogP contribution in [0.25, 0.3) is 0 Å². The maximum atomic E-state index is 15.1. The Morgan fingerprint density at radius 3 is 2.38 bits per heavy atom. The second-order valence-corrected chi connectivity index (χ2v) is 12.5. The van der Waals surface area contributed by atoms with Crippen molar-refractivity contribution in [1.29, 1.82) is 5.26 Å². The number of hydrogen-bond donors (Lipinski definition) is 0. The van der Waals surface area contributed by atoms with Crippen molar-refractivity contribution in [3.05, 3.63) is 101 Å². The molecule has 3 aromatic rings. The Balaban J connectivity index is 1.62. The monoisotopic (exact) mass is 578 g/mol. The van der Waals surface area contributed by atoms with E-state index in [1.165, 1.54) is 18.2 Å². The molecule has 1 aliphatic heterocycles. The van der Waals surface area contributed by atoms with Crippen LogP contribution in [-0.4, -0.2) is 31.7 Å². The molecule has 1 heterocycles. The molecule has 0 saturated carbocycles. The van der Waals surface area contributed by atoms with Crippen molar-refractivity contribution in [2.75, 3.05) is 4.90 Å². The first kappa shape index (κ1) is 29.8. The lowest BCUT2D eigenvalue weighted by atomic mass is 9.71. The van der Waals surface area contributed by atoms with E-state index in [0.29, 0.717) is 36.1 Å². The summed E-state index contributed by atoms with van der Waals surface area (Å²) in [6.07, 6.45) is 0.962.